The lowest BCUT2D eigenvalue weighted by molar-refractivity contribution is -0.125. The third kappa shape index (κ3) is 5.07. The summed E-state index contributed by atoms with van der Waals surface area (Å²) in [7, 11) is 0. The van der Waals surface area contributed by atoms with E-state index in [-0.39, 0.29) is 11.8 Å². The van der Waals surface area contributed by atoms with Crippen molar-refractivity contribution >= 4 is 5.91 Å². The van der Waals surface area contributed by atoms with Crippen molar-refractivity contribution in [3.05, 3.63) is 0 Å². The maximum atomic E-state index is 12.0. The predicted molar refractivity (Wildman–Crippen MR) is 71.9 cm³/mol. The fourth-order valence-corrected chi connectivity index (χ4v) is 2.43. The molecule has 0 saturated carbocycles. The highest BCUT2D eigenvalue weighted by Crippen LogP contribution is 2.15. The Morgan fingerprint density at radius 1 is 1.47 bits per heavy atom. The second-order valence-corrected chi connectivity index (χ2v) is 5.45. The second kappa shape index (κ2) is 7.70. The van der Waals surface area contributed by atoms with Crippen LogP contribution in [0, 0.1) is 11.8 Å². The van der Waals surface area contributed by atoms with Gasteiger partial charge in [0.2, 0.25) is 5.91 Å². The molecule has 2 N–H and O–H groups in total. The lowest BCUT2D eigenvalue weighted by Gasteiger charge is -2.29. The van der Waals surface area contributed by atoms with Gasteiger partial charge in [-0.3, -0.25) is 4.79 Å². The predicted octanol–water partition coefficient (Wildman–Crippen LogP) is 2.32. The highest BCUT2D eigenvalue weighted by molar-refractivity contribution is 5.78. The minimum Gasteiger partial charge on any atom is -0.353 e. The van der Waals surface area contributed by atoms with Gasteiger partial charge in [0.25, 0.3) is 0 Å². The lowest BCUT2D eigenvalue weighted by atomic mass is 9.92. The maximum absolute atomic E-state index is 12.0. The van der Waals surface area contributed by atoms with Crippen LogP contribution < -0.4 is 10.6 Å². The number of rotatable bonds is 6. The van der Waals surface area contributed by atoms with Crippen LogP contribution in [0.3, 0.4) is 0 Å². The van der Waals surface area contributed by atoms with Gasteiger partial charge in [0.05, 0.1) is 0 Å². The first-order valence-electron chi connectivity index (χ1n) is 7.16. The van der Waals surface area contributed by atoms with E-state index < -0.39 is 0 Å². The van der Waals surface area contributed by atoms with Crippen LogP contribution in [-0.4, -0.2) is 25.0 Å². The number of hydrogen-bond donors (Lipinski definition) is 2. The Morgan fingerprint density at radius 2 is 2.24 bits per heavy atom. The quantitative estimate of drug-likeness (QED) is 0.748. The zero-order valence-corrected chi connectivity index (χ0v) is 11.6. The average Bonchev–Trinajstić information content (AvgIpc) is 2.36. The summed E-state index contributed by atoms with van der Waals surface area (Å²) in [6, 6.07) is 0.305. The number of nitrogens with one attached hydrogen (secondary N) is 2. The first kappa shape index (κ1) is 14.5. The highest BCUT2D eigenvalue weighted by atomic mass is 16.1. The van der Waals surface area contributed by atoms with E-state index >= 15 is 0 Å². The van der Waals surface area contributed by atoms with Crippen molar-refractivity contribution in [2.24, 2.45) is 11.8 Å². The van der Waals surface area contributed by atoms with Gasteiger partial charge < -0.3 is 10.6 Å². The van der Waals surface area contributed by atoms with E-state index in [9.17, 15) is 4.79 Å². The summed E-state index contributed by atoms with van der Waals surface area (Å²) in [5.41, 5.74) is 0. The molecule has 3 atom stereocenters. The van der Waals surface area contributed by atoms with E-state index in [4.69, 9.17) is 0 Å². The lowest BCUT2D eigenvalue weighted by Crippen LogP contribution is -2.46. The Morgan fingerprint density at radius 3 is 2.82 bits per heavy atom. The molecule has 0 radical (unpaired) electrons. The van der Waals surface area contributed by atoms with Crippen LogP contribution in [0.4, 0.5) is 0 Å². The highest BCUT2D eigenvalue weighted by Gasteiger charge is 2.22. The zero-order valence-electron chi connectivity index (χ0n) is 11.6. The van der Waals surface area contributed by atoms with Crippen LogP contribution >= 0.6 is 0 Å². The molecule has 1 rings (SSSR count). The molecule has 1 fully saturated rings. The van der Waals surface area contributed by atoms with Gasteiger partial charge in [-0.2, -0.15) is 0 Å². The molecule has 0 aliphatic carbocycles. The van der Waals surface area contributed by atoms with Crippen molar-refractivity contribution in [1.82, 2.24) is 10.6 Å². The van der Waals surface area contributed by atoms with Gasteiger partial charge in [-0.1, -0.05) is 26.7 Å². The maximum Gasteiger partial charge on any atom is 0.223 e. The van der Waals surface area contributed by atoms with Gasteiger partial charge in [-0.25, -0.2) is 0 Å². The second-order valence-electron chi connectivity index (χ2n) is 5.45. The molecule has 3 unspecified atom stereocenters. The van der Waals surface area contributed by atoms with Crippen molar-refractivity contribution in [3.63, 3.8) is 0 Å². The number of unbranched alkanes of at least 4 members (excludes halogenated alkanes) is 1. The van der Waals surface area contributed by atoms with Gasteiger partial charge in [-0.15, -0.1) is 0 Å². The summed E-state index contributed by atoms with van der Waals surface area (Å²) in [6.45, 7) is 8.52. The van der Waals surface area contributed by atoms with Crippen molar-refractivity contribution in [1.29, 1.82) is 0 Å². The van der Waals surface area contributed by atoms with Gasteiger partial charge >= 0.3 is 0 Å². The molecule has 1 amide bonds. The molecule has 0 spiro atoms. The Bertz CT molecular complexity index is 224. The molecule has 1 aliphatic heterocycles. The zero-order chi connectivity index (χ0) is 12.7. The van der Waals surface area contributed by atoms with E-state index in [0.29, 0.717) is 12.0 Å². The fraction of sp³-hybridized carbons (Fsp3) is 0.929. The smallest absolute Gasteiger partial charge is 0.223 e. The summed E-state index contributed by atoms with van der Waals surface area (Å²) in [5, 5.41) is 6.58. The van der Waals surface area contributed by atoms with Crippen molar-refractivity contribution in [2.45, 2.75) is 58.9 Å². The summed E-state index contributed by atoms with van der Waals surface area (Å²) >= 11 is 0. The molecule has 1 saturated heterocycles. The summed E-state index contributed by atoms with van der Waals surface area (Å²) in [4.78, 5) is 12.0. The van der Waals surface area contributed by atoms with Crippen molar-refractivity contribution in [2.75, 3.05) is 13.1 Å². The van der Waals surface area contributed by atoms with Crippen LogP contribution in [0.5, 0.6) is 0 Å². The molecule has 3 nitrogen and oxygen atoms in total. The van der Waals surface area contributed by atoms with E-state index in [2.05, 4.69) is 24.5 Å². The molecule has 100 valence electrons. The molecular formula is C14H28N2O. The van der Waals surface area contributed by atoms with Crippen molar-refractivity contribution < 1.29 is 4.79 Å². The number of amides is 1. The Balaban J connectivity index is 2.28. The number of carbonyl (C=O) groups is 1. The van der Waals surface area contributed by atoms with Gasteiger partial charge in [0.1, 0.15) is 0 Å². The Hall–Kier alpha value is -0.570. The topological polar surface area (TPSA) is 41.1 Å². The van der Waals surface area contributed by atoms with Crippen LogP contribution in [0.25, 0.3) is 0 Å². The van der Waals surface area contributed by atoms with E-state index in [0.717, 1.165) is 25.9 Å². The molecule has 0 aromatic carbocycles. The standard InChI is InChI=1S/C14H28N2O/c1-4-5-7-11(2)14(17)16-12(3)13-8-6-9-15-10-13/h11-13,15H,4-10H2,1-3H3,(H,16,17). The van der Waals surface area contributed by atoms with Gasteiger partial charge in [0.15, 0.2) is 0 Å². The molecular weight excluding hydrogens is 212 g/mol. The van der Waals surface area contributed by atoms with Gasteiger partial charge in [-0.05, 0) is 45.2 Å². The van der Waals surface area contributed by atoms with Crippen LogP contribution in [0.1, 0.15) is 52.9 Å². The first-order valence-corrected chi connectivity index (χ1v) is 7.16. The molecule has 1 aliphatic rings. The number of piperidine rings is 1. The summed E-state index contributed by atoms with van der Waals surface area (Å²) < 4.78 is 0. The number of carbonyl (C=O) groups excluding carboxylic acids is 1. The largest absolute Gasteiger partial charge is 0.353 e. The average molecular weight is 240 g/mol. The summed E-state index contributed by atoms with van der Waals surface area (Å²) in [5.74, 6) is 0.997. The number of hydrogen-bond acceptors (Lipinski definition) is 2. The monoisotopic (exact) mass is 240 g/mol. The fourth-order valence-electron chi connectivity index (χ4n) is 2.43. The van der Waals surface area contributed by atoms with E-state index in [1.165, 1.54) is 19.3 Å². The van der Waals surface area contributed by atoms with Crippen molar-refractivity contribution in [3.8, 4) is 0 Å². The molecule has 17 heavy (non-hydrogen) atoms. The summed E-state index contributed by atoms with van der Waals surface area (Å²) in [6.07, 6.45) is 5.79. The first-order chi connectivity index (χ1) is 8.15. The molecule has 3 heteroatoms. The third-order valence-electron chi connectivity index (χ3n) is 3.85. The molecule has 0 bridgehead atoms. The van der Waals surface area contributed by atoms with Crippen LogP contribution in [0.15, 0.2) is 0 Å². The minimum absolute atomic E-state index is 0.161. The Labute approximate surface area is 106 Å². The van der Waals surface area contributed by atoms with Crippen LogP contribution in [-0.2, 0) is 4.79 Å². The van der Waals surface area contributed by atoms with Crippen LogP contribution in [0.2, 0.25) is 0 Å². The van der Waals surface area contributed by atoms with Gasteiger partial charge in [0, 0.05) is 12.0 Å². The molecule has 0 aromatic heterocycles. The molecule has 0 aromatic rings. The van der Waals surface area contributed by atoms with E-state index in [1.807, 2.05) is 6.92 Å². The normalized spacial score (nSPS) is 24.1. The van der Waals surface area contributed by atoms with E-state index in [1.54, 1.807) is 0 Å². The minimum atomic E-state index is 0.161. The third-order valence-corrected chi connectivity index (χ3v) is 3.85. The SMILES string of the molecule is CCCCC(C)C(=O)NC(C)C1CCCNC1. The molecule has 1 heterocycles. The Kier molecular flexibility index (Phi) is 6.56.